The van der Waals surface area contributed by atoms with Crippen molar-refractivity contribution in [2.24, 2.45) is 5.73 Å². The van der Waals surface area contributed by atoms with E-state index in [9.17, 15) is 4.79 Å². The number of allylic oxidation sites excluding steroid dienone is 1. The minimum atomic E-state index is -0.779. The van der Waals surface area contributed by atoms with E-state index in [1.807, 2.05) is 37.3 Å². The summed E-state index contributed by atoms with van der Waals surface area (Å²) < 4.78 is 0. The van der Waals surface area contributed by atoms with Gasteiger partial charge in [0.05, 0.1) is 0 Å². The fourth-order valence-corrected chi connectivity index (χ4v) is 3.47. The summed E-state index contributed by atoms with van der Waals surface area (Å²) in [6, 6.07) is 14.1. The van der Waals surface area contributed by atoms with Gasteiger partial charge in [0.1, 0.15) is 5.41 Å². The molecular formula is C18H17NO. The molecule has 100 valence electrons. The molecule has 1 unspecified atom stereocenters. The zero-order valence-corrected chi connectivity index (χ0v) is 11.5. The Labute approximate surface area is 118 Å². The second kappa shape index (κ2) is 4.34. The number of carbonyl (C=O) groups excluding carboxylic acids is 1. The van der Waals surface area contributed by atoms with E-state index in [2.05, 4.69) is 18.7 Å². The van der Waals surface area contributed by atoms with Crippen LogP contribution in [0.1, 0.15) is 23.1 Å². The van der Waals surface area contributed by atoms with E-state index in [0.717, 1.165) is 27.8 Å². The molecule has 0 spiro atoms. The van der Waals surface area contributed by atoms with Crippen molar-refractivity contribution in [2.45, 2.75) is 18.8 Å². The van der Waals surface area contributed by atoms with Gasteiger partial charge in [0, 0.05) is 0 Å². The number of hydrogen-bond acceptors (Lipinski definition) is 1. The molecule has 0 aliphatic heterocycles. The summed E-state index contributed by atoms with van der Waals surface area (Å²) in [5, 5.41) is 0. The lowest BCUT2D eigenvalue weighted by atomic mass is 9.73. The summed E-state index contributed by atoms with van der Waals surface area (Å²) in [7, 11) is 0. The number of primary amides is 1. The van der Waals surface area contributed by atoms with Gasteiger partial charge < -0.3 is 5.73 Å². The summed E-state index contributed by atoms with van der Waals surface area (Å²) in [5.41, 5.74) is 10.4. The van der Waals surface area contributed by atoms with Crippen LogP contribution in [-0.4, -0.2) is 5.91 Å². The van der Waals surface area contributed by atoms with Crippen LogP contribution in [0.3, 0.4) is 0 Å². The smallest absolute Gasteiger partial charge is 0.232 e. The molecule has 2 aromatic carbocycles. The number of rotatable bonds is 3. The molecule has 2 heteroatoms. The standard InChI is InChI=1S/C18H17NO/c1-3-11-18(17(19)20)15-10-5-4-8-13(15)14-9-6-7-12(2)16(14)18/h3-10H,1,11H2,2H3,(H2,19,20). The highest BCUT2D eigenvalue weighted by Gasteiger charge is 2.47. The summed E-state index contributed by atoms with van der Waals surface area (Å²) in [6.07, 6.45) is 2.31. The molecule has 0 saturated heterocycles. The quantitative estimate of drug-likeness (QED) is 0.848. The van der Waals surface area contributed by atoms with Gasteiger partial charge in [-0.25, -0.2) is 0 Å². The van der Waals surface area contributed by atoms with Crippen molar-refractivity contribution < 1.29 is 4.79 Å². The Kier molecular flexibility index (Phi) is 2.75. The van der Waals surface area contributed by atoms with Crippen LogP contribution < -0.4 is 5.73 Å². The largest absolute Gasteiger partial charge is 0.369 e. The predicted molar refractivity (Wildman–Crippen MR) is 81.4 cm³/mol. The van der Waals surface area contributed by atoms with Crippen LogP contribution in [0, 0.1) is 6.92 Å². The first-order chi connectivity index (χ1) is 9.63. The molecule has 2 aromatic rings. The average Bonchev–Trinajstić information content (AvgIpc) is 2.73. The number of nitrogens with two attached hydrogens (primary N) is 1. The van der Waals surface area contributed by atoms with Crippen LogP contribution in [0.15, 0.2) is 55.1 Å². The molecule has 1 aliphatic carbocycles. The Morgan fingerprint density at radius 2 is 1.90 bits per heavy atom. The molecule has 0 heterocycles. The zero-order chi connectivity index (χ0) is 14.3. The Balaban J connectivity index is 2.46. The second-order valence-corrected chi connectivity index (χ2v) is 5.31. The molecule has 20 heavy (non-hydrogen) atoms. The molecule has 0 aromatic heterocycles. The van der Waals surface area contributed by atoms with Crippen molar-refractivity contribution in [1.29, 1.82) is 0 Å². The summed E-state index contributed by atoms with van der Waals surface area (Å²) in [4.78, 5) is 12.4. The van der Waals surface area contributed by atoms with E-state index in [-0.39, 0.29) is 5.91 Å². The molecular weight excluding hydrogens is 246 g/mol. The lowest BCUT2D eigenvalue weighted by molar-refractivity contribution is -0.122. The van der Waals surface area contributed by atoms with Gasteiger partial charge in [-0.15, -0.1) is 6.58 Å². The topological polar surface area (TPSA) is 43.1 Å². The van der Waals surface area contributed by atoms with Crippen LogP contribution in [-0.2, 0) is 10.2 Å². The summed E-state index contributed by atoms with van der Waals surface area (Å²) in [6.45, 7) is 5.85. The highest BCUT2D eigenvalue weighted by atomic mass is 16.1. The Hall–Kier alpha value is -2.35. The van der Waals surface area contributed by atoms with E-state index in [4.69, 9.17) is 5.73 Å². The van der Waals surface area contributed by atoms with Crippen molar-refractivity contribution in [2.75, 3.05) is 0 Å². The normalized spacial score (nSPS) is 19.2. The first kappa shape index (κ1) is 12.7. The van der Waals surface area contributed by atoms with E-state index in [1.54, 1.807) is 6.08 Å². The zero-order valence-electron chi connectivity index (χ0n) is 11.5. The lowest BCUT2D eigenvalue weighted by Gasteiger charge is -2.28. The van der Waals surface area contributed by atoms with Crippen LogP contribution >= 0.6 is 0 Å². The van der Waals surface area contributed by atoms with Crippen LogP contribution in [0.4, 0.5) is 0 Å². The van der Waals surface area contributed by atoms with Crippen molar-refractivity contribution >= 4 is 5.91 Å². The van der Waals surface area contributed by atoms with Gasteiger partial charge in [-0.1, -0.05) is 48.5 Å². The molecule has 1 aliphatic rings. The van der Waals surface area contributed by atoms with Crippen LogP contribution in [0.2, 0.25) is 0 Å². The fourth-order valence-electron chi connectivity index (χ4n) is 3.47. The maximum atomic E-state index is 12.4. The van der Waals surface area contributed by atoms with Gasteiger partial charge in [0.25, 0.3) is 0 Å². The van der Waals surface area contributed by atoms with Gasteiger partial charge in [-0.2, -0.15) is 0 Å². The van der Waals surface area contributed by atoms with Gasteiger partial charge in [0.2, 0.25) is 5.91 Å². The van der Waals surface area contributed by atoms with E-state index >= 15 is 0 Å². The summed E-state index contributed by atoms with van der Waals surface area (Å²) >= 11 is 0. The molecule has 0 fully saturated rings. The Morgan fingerprint density at radius 1 is 1.20 bits per heavy atom. The molecule has 2 nitrogen and oxygen atoms in total. The minimum Gasteiger partial charge on any atom is -0.369 e. The second-order valence-electron chi connectivity index (χ2n) is 5.31. The number of benzene rings is 2. The van der Waals surface area contributed by atoms with Gasteiger partial charge in [-0.05, 0) is 41.2 Å². The third kappa shape index (κ3) is 1.42. The number of carbonyl (C=O) groups is 1. The molecule has 0 saturated carbocycles. The number of aryl methyl sites for hydroxylation is 1. The van der Waals surface area contributed by atoms with Crippen LogP contribution in [0.5, 0.6) is 0 Å². The monoisotopic (exact) mass is 263 g/mol. The fraction of sp³-hybridized carbons (Fsp3) is 0.167. The first-order valence-electron chi connectivity index (χ1n) is 6.73. The third-order valence-corrected chi connectivity index (χ3v) is 4.25. The maximum Gasteiger partial charge on any atom is 0.232 e. The average molecular weight is 263 g/mol. The van der Waals surface area contributed by atoms with Crippen molar-refractivity contribution in [3.63, 3.8) is 0 Å². The van der Waals surface area contributed by atoms with Crippen molar-refractivity contribution in [3.05, 3.63) is 71.8 Å². The highest BCUT2D eigenvalue weighted by molar-refractivity contribution is 6.00. The summed E-state index contributed by atoms with van der Waals surface area (Å²) in [5.74, 6) is -0.308. The van der Waals surface area contributed by atoms with Crippen LogP contribution in [0.25, 0.3) is 11.1 Å². The first-order valence-corrected chi connectivity index (χ1v) is 6.73. The number of amides is 1. The van der Waals surface area contributed by atoms with E-state index in [1.165, 1.54) is 0 Å². The molecule has 0 radical (unpaired) electrons. The van der Waals surface area contributed by atoms with E-state index in [0.29, 0.717) is 6.42 Å². The molecule has 0 bridgehead atoms. The van der Waals surface area contributed by atoms with Gasteiger partial charge in [-0.3, -0.25) is 4.79 Å². The van der Waals surface area contributed by atoms with Gasteiger partial charge >= 0.3 is 0 Å². The SMILES string of the molecule is C=CCC1(C(N)=O)c2ccccc2-c2cccc(C)c21. The third-order valence-electron chi connectivity index (χ3n) is 4.25. The highest BCUT2D eigenvalue weighted by Crippen LogP contribution is 2.51. The molecule has 2 N–H and O–H groups in total. The van der Waals surface area contributed by atoms with Crippen molar-refractivity contribution in [3.8, 4) is 11.1 Å². The predicted octanol–water partition coefficient (Wildman–Crippen LogP) is 3.32. The Morgan fingerprint density at radius 3 is 2.60 bits per heavy atom. The lowest BCUT2D eigenvalue weighted by Crippen LogP contribution is -2.40. The number of fused-ring (bicyclic) bond motifs is 3. The molecule has 3 rings (SSSR count). The molecule has 1 atom stereocenters. The maximum absolute atomic E-state index is 12.4. The Bertz CT molecular complexity index is 717. The minimum absolute atomic E-state index is 0.308. The molecule has 1 amide bonds. The van der Waals surface area contributed by atoms with Crippen molar-refractivity contribution in [1.82, 2.24) is 0 Å². The number of hydrogen-bond donors (Lipinski definition) is 1. The van der Waals surface area contributed by atoms with E-state index < -0.39 is 5.41 Å². The van der Waals surface area contributed by atoms with Gasteiger partial charge in [0.15, 0.2) is 0 Å².